The molecular formula is C13H16BrNO3S. The number of nitrogens with zero attached hydrogens (tertiary/aromatic N) is 1. The molecule has 0 aliphatic heterocycles. The van der Waals surface area contributed by atoms with Crippen molar-refractivity contribution in [2.75, 3.05) is 18.8 Å². The lowest BCUT2D eigenvalue weighted by Crippen LogP contribution is -2.31. The van der Waals surface area contributed by atoms with Crippen LogP contribution in [0.1, 0.15) is 24.2 Å². The first-order valence-electron chi connectivity index (χ1n) is 5.93. The second kappa shape index (κ2) is 7.55. The normalized spacial score (nSPS) is 10.3. The van der Waals surface area contributed by atoms with E-state index in [0.717, 1.165) is 4.90 Å². The molecule has 0 saturated heterocycles. The van der Waals surface area contributed by atoms with Gasteiger partial charge in [0.05, 0.1) is 11.3 Å². The summed E-state index contributed by atoms with van der Waals surface area (Å²) in [7, 11) is 0. The summed E-state index contributed by atoms with van der Waals surface area (Å²) in [6.07, 6.45) is 0. The smallest absolute Gasteiger partial charge is 0.336 e. The molecule has 0 fully saturated rings. The van der Waals surface area contributed by atoms with Gasteiger partial charge in [-0.25, -0.2) is 4.79 Å². The molecule has 4 nitrogen and oxygen atoms in total. The molecule has 1 amide bonds. The highest BCUT2D eigenvalue weighted by Gasteiger charge is 2.12. The number of halogens is 1. The second-order valence-electron chi connectivity index (χ2n) is 3.80. The highest BCUT2D eigenvalue weighted by Crippen LogP contribution is 2.25. The summed E-state index contributed by atoms with van der Waals surface area (Å²) >= 11 is 4.54. The fourth-order valence-corrected chi connectivity index (χ4v) is 2.83. The van der Waals surface area contributed by atoms with E-state index in [-0.39, 0.29) is 11.5 Å². The van der Waals surface area contributed by atoms with Gasteiger partial charge in [-0.3, -0.25) is 4.79 Å². The first-order valence-corrected chi connectivity index (χ1v) is 7.70. The largest absolute Gasteiger partial charge is 0.478 e. The quantitative estimate of drug-likeness (QED) is 0.804. The number of rotatable bonds is 6. The van der Waals surface area contributed by atoms with Gasteiger partial charge < -0.3 is 10.0 Å². The first-order chi connectivity index (χ1) is 8.99. The molecule has 0 unspecified atom stereocenters. The van der Waals surface area contributed by atoms with Crippen molar-refractivity contribution in [3.05, 3.63) is 28.2 Å². The van der Waals surface area contributed by atoms with E-state index in [4.69, 9.17) is 5.11 Å². The lowest BCUT2D eigenvalue weighted by atomic mass is 10.2. The van der Waals surface area contributed by atoms with E-state index in [1.54, 1.807) is 23.1 Å². The third kappa shape index (κ3) is 4.54. The van der Waals surface area contributed by atoms with Gasteiger partial charge in [-0.05, 0) is 48.0 Å². The third-order valence-electron chi connectivity index (χ3n) is 2.65. The Labute approximate surface area is 125 Å². The number of carboxylic acid groups (broad SMARTS) is 1. The van der Waals surface area contributed by atoms with Gasteiger partial charge in [0.25, 0.3) is 0 Å². The molecule has 0 heterocycles. The first kappa shape index (κ1) is 16.0. The van der Waals surface area contributed by atoms with Gasteiger partial charge in [0.2, 0.25) is 5.91 Å². The lowest BCUT2D eigenvalue weighted by Gasteiger charge is -2.18. The minimum Gasteiger partial charge on any atom is -0.478 e. The van der Waals surface area contributed by atoms with Crippen LogP contribution in [0.15, 0.2) is 27.6 Å². The zero-order chi connectivity index (χ0) is 14.4. The van der Waals surface area contributed by atoms with Crippen LogP contribution in [0.4, 0.5) is 0 Å². The summed E-state index contributed by atoms with van der Waals surface area (Å²) in [6.45, 7) is 5.26. The summed E-state index contributed by atoms with van der Waals surface area (Å²) in [5.41, 5.74) is 0.209. The topological polar surface area (TPSA) is 57.6 Å². The predicted octanol–water partition coefficient (Wildman–Crippen LogP) is 3.11. The van der Waals surface area contributed by atoms with Crippen LogP contribution in [-0.2, 0) is 4.79 Å². The molecule has 1 aromatic carbocycles. The van der Waals surface area contributed by atoms with E-state index >= 15 is 0 Å². The molecule has 0 saturated carbocycles. The van der Waals surface area contributed by atoms with Gasteiger partial charge in [-0.2, -0.15) is 0 Å². The standard InChI is InChI=1S/C13H16BrNO3S/c1-3-15(4-2)12(16)8-19-9-5-6-11(14)10(7-9)13(17)18/h5-7H,3-4,8H2,1-2H3,(H,17,18). The molecule has 0 spiro atoms. The number of hydrogen-bond donors (Lipinski definition) is 1. The van der Waals surface area contributed by atoms with Gasteiger partial charge in [0.15, 0.2) is 0 Å². The van der Waals surface area contributed by atoms with Gasteiger partial charge in [-0.15, -0.1) is 11.8 Å². The predicted molar refractivity (Wildman–Crippen MR) is 79.8 cm³/mol. The van der Waals surface area contributed by atoms with Crippen LogP contribution in [0, 0.1) is 0 Å². The summed E-state index contributed by atoms with van der Waals surface area (Å²) in [4.78, 5) is 25.4. The Morgan fingerprint density at radius 1 is 1.32 bits per heavy atom. The Kier molecular flexibility index (Phi) is 6.37. The fourth-order valence-electron chi connectivity index (χ4n) is 1.57. The van der Waals surface area contributed by atoms with Gasteiger partial charge >= 0.3 is 5.97 Å². The maximum Gasteiger partial charge on any atom is 0.336 e. The molecule has 0 aliphatic rings. The van der Waals surface area contributed by atoms with Crippen molar-refractivity contribution >= 4 is 39.6 Å². The van der Waals surface area contributed by atoms with E-state index in [0.29, 0.717) is 23.3 Å². The summed E-state index contributed by atoms with van der Waals surface area (Å²) in [5.74, 6) is -0.596. The van der Waals surface area contributed by atoms with Crippen molar-refractivity contribution in [1.29, 1.82) is 0 Å². The highest BCUT2D eigenvalue weighted by atomic mass is 79.9. The monoisotopic (exact) mass is 345 g/mol. The van der Waals surface area contributed by atoms with Crippen LogP contribution in [0.2, 0.25) is 0 Å². The van der Waals surface area contributed by atoms with Crippen molar-refractivity contribution in [1.82, 2.24) is 4.90 Å². The Balaban J connectivity index is 2.71. The van der Waals surface area contributed by atoms with Crippen molar-refractivity contribution in [2.24, 2.45) is 0 Å². The lowest BCUT2D eigenvalue weighted by molar-refractivity contribution is -0.127. The number of carbonyl (C=O) groups is 2. The number of hydrogen-bond acceptors (Lipinski definition) is 3. The zero-order valence-electron chi connectivity index (χ0n) is 10.9. The van der Waals surface area contributed by atoms with Crippen molar-refractivity contribution in [2.45, 2.75) is 18.7 Å². The van der Waals surface area contributed by atoms with Crippen LogP contribution in [0.5, 0.6) is 0 Å². The average molecular weight is 346 g/mol. The SMILES string of the molecule is CCN(CC)C(=O)CSc1ccc(Br)c(C(=O)O)c1. The van der Waals surface area contributed by atoms with E-state index in [1.165, 1.54) is 11.8 Å². The Morgan fingerprint density at radius 3 is 2.47 bits per heavy atom. The van der Waals surface area contributed by atoms with Crippen molar-refractivity contribution in [3.8, 4) is 0 Å². The maximum atomic E-state index is 11.8. The molecule has 0 aliphatic carbocycles. The molecule has 1 N–H and O–H groups in total. The van der Waals surface area contributed by atoms with E-state index in [2.05, 4.69) is 15.9 Å². The Hall–Kier alpha value is -1.01. The number of benzene rings is 1. The molecule has 1 aromatic rings. The molecule has 104 valence electrons. The van der Waals surface area contributed by atoms with Crippen LogP contribution in [0.3, 0.4) is 0 Å². The molecule has 0 atom stereocenters. The maximum absolute atomic E-state index is 11.8. The van der Waals surface area contributed by atoms with Crippen LogP contribution in [-0.4, -0.2) is 40.7 Å². The van der Waals surface area contributed by atoms with E-state index in [1.807, 2.05) is 13.8 Å². The van der Waals surface area contributed by atoms with Gasteiger partial charge in [0, 0.05) is 22.5 Å². The van der Waals surface area contributed by atoms with E-state index in [9.17, 15) is 9.59 Å². The third-order valence-corrected chi connectivity index (χ3v) is 4.32. The van der Waals surface area contributed by atoms with Crippen LogP contribution in [0.25, 0.3) is 0 Å². The summed E-state index contributed by atoms with van der Waals surface area (Å²) < 4.78 is 0.541. The summed E-state index contributed by atoms with van der Waals surface area (Å²) in [5, 5.41) is 9.02. The number of amides is 1. The molecule has 19 heavy (non-hydrogen) atoms. The fraction of sp³-hybridized carbons (Fsp3) is 0.385. The average Bonchev–Trinajstić information content (AvgIpc) is 2.38. The Bertz CT molecular complexity index is 475. The number of thioether (sulfide) groups is 1. The summed E-state index contributed by atoms with van der Waals surface area (Å²) in [6, 6.07) is 5.07. The molecule has 1 rings (SSSR count). The Morgan fingerprint density at radius 2 is 1.95 bits per heavy atom. The van der Waals surface area contributed by atoms with Gasteiger partial charge in [0.1, 0.15) is 0 Å². The van der Waals surface area contributed by atoms with Crippen molar-refractivity contribution in [3.63, 3.8) is 0 Å². The minimum absolute atomic E-state index is 0.0646. The zero-order valence-corrected chi connectivity index (χ0v) is 13.3. The number of carboxylic acids is 1. The molecule has 0 aromatic heterocycles. The van der Waals surface area contributed by atoms with Gasteiger partial charge in [-0.1, -0.05) is 0 Å². The second-order valence-corrected chi connectivity index (χ2v) is 5.70. The minimum atomic E-state index is -0.982. The molecule has 0 bridgehead atoms. The molecule has 0 radical (unpaired) electrons. The molecule has 6 heteroatoms. The number of carbonyl (C=O) groups excluding carboxylic acids is 1. The van der Waals surface area contributed by atoms with Crippen LogP contribution >= 0.6 is 27.7 Å². The number of aromatic carboxylic acids is 1. The van der Waals surface area contributed by atoms with Crippen LogP contribution < -0.4 is 0 Å². The molecular weight excluding hydrogens is 330 g/mol. The van der Waals surface area contributed by atoms with Crippen molar-refractivity contribution < 1.29 is 14.7 Å². The van der Waals surface area contributed by atoms with E-state index < -0.39 is 5.97 Å². The highest BCUT2D eigenvalue weighted by molar-refractivity contribution is 9.10.